The van der Waals surface area contributed by atoms with Crippen molar-refractivity contribution in [3.05, 3.63) is 22.8 Å². The predicted molar refractivity (Wildman–Crippen MR) is 124 cm³/mol. The van der Waals surface area contributed by atoms with E-state index in [-0.39, 0.29) is 30.7 Å². The summed E-state index contributed by atoms with van der Waals surface area (Å²) in [7, 11) is 6.65. The molecule has 11 nitrogen and oxygen atoms in total. The van der Waals surface area contributed by atoms with Gasteiger partial charge in [0.2, 0.25) is 5.91 Å². The fourth-order valence-electron chi connectivity index (χ4n) is 6.26. The average Bonchev–Trinajstić information content (AvgIpc) is 2.75. The largest absolute Gasteiger partial charge is 0.507 e. The van der Waals surface area contributed by atoms with E-state index in [2.05, 4.69) is 0 Å². The predicted octanol–water partition coefficient (Wildman–Crippen LogP) is -1.61. The van der Waals surface area contributed by atoms with E-state index in [9.17, 15) is 34.2 Å². The lowest BCUT2D eigenvalue weighted by Crippen LogP contribution is -2.74. The van der Waals surface area contributed by atoms with Crippen LogP contribution in [-0.4, -0.2) is 84.0 Å². The molecule has 11 heteroatoms. The Labute approximate surface area is 202 Å². The SMILES string of the molecule is CN(C)c1cc(CN)c(O)c2c1CC1CC3C(N(C)C)C(=O)C(C(N)=O)C(=O)C3(O)C(=O)C1C2=O. The maximum atomic E-state index is 13.8. The molecule has 0 bridgehead atoms. The van der Waals surface area contributed by atoms with Gasteiger partial charge in [0, 0.05) is 37.8 Å². The number of likely N-dealkylation sites (N-methyl/N-ethyl adjacent to an activating group) is 1. The molecule has 4 rings (SSSR count). The third-order valence-electron chi connectivity index (χ3n) is 7.82. The Morgan fingerprint density at radius 3 is 2.29 bits per heavy atom. The summed E-state index contributed by atoms with van der Waals surface area (Å²) in [6.07, 6.45) is 0.216. The second kappa shape index (κ2) is 8.21. The number of fused-ring (bicyclic) bond motifs is 3. The molecule has 6 unspecified atom stereocenters. The van der Waals surface area contributed by atoms with Gasteiger partial charge < -0.3 is 26.6 Å². The van der Waals surface area contributed by atoms with Gasteiger partial charge in [-0.25, -0.2) is 0 Å². The number of aromatic hydroxyl groups is 1. The van der Waals surface area contributed by atoms with Crippen LogP contribution in [0.15, 0.2) is 6.07 Å². The molecular formula is C24H30N4O7. The standard InChI is InChI=1S/C24H30N4O7/c1-27(2)13-7-10(8-25)18(29)15-11(13)5-9-6-12-17(28(3)4)20(31)16(23(26)34)22(33)24(12,35)21(32)14(9)19(15)30/h7,9,12,14,16-17,29,35H,5-6,8,25H2,1-4H3,(H2,26,34). The molecule has 1 amide bonds. The third kappa shape index (κ3) is 3.25. The van der Waals surface area contributed by atoms with E-state index in [1.54, 1.807) is 39.2 Å². The van der Waals surface area contributed by atoms with E-state index >= 15 is 0 Å². The first-order valence-electron chi connectivity index (χ1n) is 11.4. The Bertz CT molecular complexity index is 1180. The maximum absolute atomic E-state index is 13.8. The minimum Gasteiger partial charge on any atom is -0.507 e. The average molecular weight is 487 g/mol. The number of carbonyl (C=O) groups is 5. The number of amides is 1. The van der Waals surface area contributed by atoms with Crippen molar-refractivity contribution in [2.75, 3.05) is 33.1 Å². The first kappa shape index (κ1) is 25.0. The smallest absolute Gasteiger partial charge is 0.235 e. The molecule has 0 spiro atoms. The van der Waals surface area contributed by atoms with Gasteiger partial charge in [-0.1, -0.05) is 0 Å². The van der Waals surface area contributed by atoms with Gasteiger partial charge in [0.25, 0.3) is 0 Å². The van der Waals surface area contributed by atoms with Crippen LogP contribution in [0.25, 0.3) is 0 Å². The van der Waals surface area contributed by atoms with Crippen LogP contribution in [0.2, 0.25) is 0 Å². The number of ketones is 4. The van der Waals surface area contributed by atoms with Gasteiger partial charge in [0.15, 0.2) is 34.7 Å². The molecule has 0 aliphatic heterocycles. The lowest BCUT2D eigenvalue weighted by molar-refractivity contribution is -0.181. The van der Waals surface area contributed by atoms with E-state index < -0.39 is 64.4 Å². The van der Waals surface area contributed by atoms with Crippen molar-refractivity contribution >= 4 is 34.7 Å². The van der Waals surface area contributed by atoms with Crippen LogP contribution >= 0.6 is 0 Å². The highest BCUT2D eigenvalue weighted by Gasteiger charge is 2.69. The van der Waals surface area contributed by atoms with Crippen molar-refractivity contribution in [2.24, 2.45) is 35.1 Å². The van der Waals surface area contributed by atoms with Crippen molar-refractivity contribution in [1.29, 1.82) is 0 Å². The van der Waals surface area contributed by atoms with Crippen LogP contribution in [0.5, 0.6) is 5.75 Å². The van der Waals surface area contributed by atoms with Crippen molar-refractivity contribution in [1.82, 2.24) is 4.90 Å². The van der Waals surface area contributed by atoms with Gasteiger partial charge in [0.1, 0.15) is 5.75 Å². The number of primary amides is 1. The number of anilines is 1. The van der Waals surface area contributed by atoms with Crippen LogP contribution in [0.3, 0.4) is 0 Å². The second-order valence-corrected chi connectivity index (χ2v) is 10.1. The van der Waals surface area contributed by atoms with E-state index in [1.165, 1.54) is 4.90 Å². The number of nitrogens with zero attached hydrogens (tertiary/aromatic N) is 2. The number of benzene rings is 1. The van der Waals surface area contributed by atoms with Crippen LogP contribution < -0.4 is 16.4 Å². The van der Waals surface area contributed by atoms with Crippen molar-refractivity contribution in [2.45, 2.75) is 31.0 Å². The first-order chi connectivity index (χ1) is 16.3. The highest BCUT2D eigenvalue weighted by atomic mass is 16.3. The van der Waals surface area contributed by atoms with Gasteiger partial charge in [-0.15, -0.1) is 0 Å². The molecule has 35 heavy (non-hydrogen) atoms. The van der Waals surface area contributed by atoms with Crippen LogP contribution in [0.4, 0.5) is 5.69 Å². The first-order valence-corrected chi connectivity index (χ1v) is 11.4. The zero-order valence-electron chi connectivity index (χ0n) is 20.1. The topological polar surface area (TPSA) is 184 Å². The van der Waals surface area contributed by atoms with Gasteiger partial charge >= 0.3 is 0 Å². The summed E-state index contributed by atoms with van der Waals surface area (Å²) in [4.78, 5) is 69.1. The quantitative estimate of drug-likeness (QED) is 0.361. The molecule has 0 saturated heterocycles. The number of phenols is 1. The highest BCUT2D eigenvalue weighted by molar-refractivity contribution is 6.32. The third-order valence-corrected chi connectivity index (χ3v) is 7.82. The number of hydrogen-bond acceptors (Lipinski definition) is 10. The summed E-state index contributed by atoms with van der Waals surface area (Å²) in [5, 5.41) is 22.4. The zero-order chi connectivity index (χ0) is 26.1. The molecule has 6 N–H and O–H groups in total. The Balaban J connectivity index is 1.91. The molecule has 0 radical (unpaired) electrons. The fourth-order valence-corrected chi connectivity index (χ4v) is 6.26. The van der Waals surface area contributed by atoms with E-state index in [0.717, 1.165) is 0 Å². The highest BCUT2D eigenvalue weighted by Crippen LogP contribution is 2.52. The molecule has 1 aromatic rings. The number of rotatable bonds is 4. The van der Waals surface area contributed by atoms with Crippen molar-refractivity contribution < 1.29 is 34.2 Å². The number of nitrogens with two attached hydrogens (primary N) is 2. The summed E-state index contributed by atoms with van der Waals surface area (Å²) >= 11 is 0. The molecule has 188 valence electrons. The zero-order valence-corrected chi connectivity index (χ0v) is 20.1. The second-order valence-electron chi connectivity index (χ2n) is 10.1. The molecular weight excluding hydrogens is 456 g/mol. The van der Waals surface area contributed by atoms with Gasteiger partial charge in [-0.2, -0.15) is 0 Å². The van der Waals surface area contributed by atoms with Crippen molar-refractivity contribution in [3.8, 4) is 5.75 Å². The summed E-state index contributed by atoms with van der Waals surface area (Å²) in [6, 6.07) is 0.564. The van der Waals surface area contributed by atoms with E-state index in [4.69, 9.17) is 11.5 Å². The fraction of sp³-hybridized carbons (Fsp3) is 0.542. The van der Waals surface area contributed by atoms with Crippen LogP contribution in [0.1, 0.15) is 27.9 Å². The molecule has 2 fully saturated rings. The summed E-state index contributed by atoms with van der Waals surface area (Å²) in [5.41, 5.74) is 9.81. The van der Waals surface area contributed by atoms with Gasteiger partial charge in [-0.05, 0) is 44.5 Å². The van der Waals surface area contributed by atoms with E-state index in [1.807, 2.05) is 0 Å². The Kier molecular flexibility index (Phi) is 5.86. The molecule has 3 aliphatic carbocycles. The lowest BCUT2D eigenvalue weighted by atomic mass is 9.52. The number of aliphatic hydroxyl groups is 1. The van der Waals surface area contributed by atoms with Crippen molar-refractivity contribution in [3.63, 3.8) is 0 Å². The lowest BCUT2D eigenvalue weighted by Gasteiger charge is -2.52. The summed E-state index contributed by atoms with van der Waals surface area (Å²) < 4.78 is 0. The molecule has 1 aromatic carbocycles. The minimum atomic E-state index is -2.73. The number of carbonyl (C=O) groups excluding carboxylic acids is 5. The maximum Gasteiger partial charge on any atom is 0.235 e. The minimum absolute atomic E-state index is 0.0101. The van der Waals surface area contributed by atoms with Crippen LogP contribution in [-0.2, 0) is 32.1 Å². The molecule has 6 atom stereocenters. The molecule has 0 aromatic heterocycles. The van der Waals surface area contributed by atoms with Gasteiger partial charge in [-0.3, -0.25) is 28.9 Å². The Hall–Kier alpha value is -3.15. The molecule has 0 heterocycles. The number of hydrogen-bond donors (Lipinski definition) is 4. The molecule has 2 saturated carbocycles. The monoisotopic (exact) mass is 486 g/mol. The number of phenolic OH excluding ortho intramolecular Hbond substituents is 1. The number of Topliss-reactive ketones (excluding diaryl/α,β-unsaturated/α-hetero) is 4. The molecule has 3 aliphatic rings. The summed E-state index contributed by atoms with van der Waals surface area (Å²) in [6.45, 7) is -0.0489. The Morgan fingerprint density at radius 1 is 1.14 bits per heavy atom. The van der Waals surface area contributed by atoms with E-state index in [0.29, 0.717) is 16.8 Å². The summed E-state index contributed by atoms with van der Waals surface area (Å²) in [5.74, 6) is -10.6. The normalized spacial score (nSPS) is 32.3. The van der Waals surface area contributed by atoms with Gasteiger partial charge in [0.05, 0.1) is 17.5 Å². The Morgan fingerprint density at radius 2 is 1.77 bits per heavy atom. The van der Waals surface area contributed by atoms with Crippen LogP contribution in [0, 0.1) is 23.7 Å².